The van der Waals surface area contributed by atoms with Crippen LogP contribution in [0.25, 0.3) is 0 Å². The Morgan fingerprint density at radius 1 is 1.33 bits per heavy atom. The van der Waals surface area contributed by atoms with E-state index in [-0.39, 0.29) is 22.0 Å². The minimum atomic E-state index is -3.41. The lowest BCUT2D eigenvalue weighted by Gasteiger charge is -2.10. The molecule has 18 heavy (non-hydrogen) atoms. The second-order valence-corrected chi connectivity index (χ2v) is 5.99. The molecule has 1 rings (SSSR count). The molecule has 0 unspecified atom stereocenters. The lowest BCUT2D eigenvalue weighted by Crippen LogP contribution is -2.08. The first-order chi connectivity index (χ1) is 8.42. The van der Waals surface area contributed by atoms with Crippen LogP contribution in [0.4, 0.5) is 0 Å². The summed E-state index contributed by atoms with van der Waals surface area (Å²) in [5.74, 6) is -1.07. The molecule has 0 aliphatic carbocycles. The van der Waals surface area contributed by atoms with Crippen LogP contribution in [-0.4, -0.2) is 31.9 Å². The topological polar surface area (TPSA) is 80.7 Å². The third-order valence-electron chi connectivity index (χ3n) is 2.38. The van der Waals surface area contributed by atoms with Crippen molar-refractivity contribution in [1.82, 2.24) is 0 Å². The lowest BCUT2D eigenvalue weighted by atomic mass is 10.2. The molecular formula is C12H16O5S. The van der Waals surface area contributed by atoms with E-state index in [0.717, 1.165) is 12.5 Å². The third kappa shape index (κ3) is 3.22. The molecular weight excluding hydrogens is 256 g/mol. The van der Waals surface area contributed by atoms with Gasteiger partial charge in [-0.05, 0) is 24.6 Å². The molecule has 0 atom stereocenters. The molecule has 0 aliphatic heterocycles. The summed E-state index contributed by atoms with van der Waals surface area (Å²) in [6.45, 7) is 3.80. The summed E-state index contributed by atoms with van der Waals surface area (Å²) in [6, 6.07) is 3.91. The first-order valence-corrected chi connectivity index (χ1v) is 7.30. The molecule has 1 aromatic carbocycles. The van der Waals surface area contributed by atoms with Crippen molar-refractivity contribution in [2.45, 2.75) is 25.2 Å². The Bertz CT molecular complexity index is 533. The van der Waals surface area contributed by atoms with Crippen molar-refractivity contribution in [1.29, 1.82) is 0 Å². The van der Waals surface area contributed by atoms with Crippen LogP contribution in [0.3, 0.4) is 0 Å². The van der Waals surface area contributed by atoms with Crippen LogP contribution in [-0.2, 0) is 9.84 Å². The zero-order chi connectivity index (χ0) is 13.8. The fraction of sp³-hybridized carbons (Fsp3) is 0.417. The highest BCUT2D eigenvalue weighted by molar-refractivity contribution is 7.91. The summed E-state index contributed by atoms with van der Waals surface area (Å²) in [4.78, 5) is 11.1. The van der Waals surface area contributed by atoms with Crippen molar-refractivity contribution in [3.05, 3.63) is 23.8 Å². The Kier molecular flexibility index (Phi) is 4.72. The summed E-state index contributed by atoms with van der Waals surface area (Å²) >= 11 is 0. The van der Waals surface area contributed by atoms with Crippen LogP contribution in [0.1, 0.15) is 30.6 Å². The highest BCUT2D eigenvalue weighted by Crippen LogP contribution is 2.23. The van der Waals surface area contributed by atoms with Gasteiger partial charge in [0.25, 0.3) is 0 Å². The summed E-state index contributed by atoms with van der Waals surface area (Å²) in [7, 11) is -3.41. The van der Waals surface area contributed by atoms with Crippen LogP contribution in [0.15, 0.2) is 23.1 Å². The van der Waals surface area contributed by atoms with E-state index < -0.39 is 15.8 Å². The van der Waals surface area contributed by atoms with E-state index in [1.54, 1.807) is 0 Å². The monoisotopic (exact) mass is 272 g/mol. The SMILES string of the molecule is CCCOc1ccc(S(=O)(=O)CC)cc1C(=O)O. The number of ether oxygens (including phenoxy) is 1. The highest BCUT2D eigenvalue weighted by atomic mass is 32.2. The van der Waals surface area contributed by atoms with Gasteiger partial charge < -0.3 is 9.84 Å². The molecule has 1 aromatic rings. The molecule has 0 aliphatic rings. The van der Waals surface area contributed by atoms with E-state index in [9.17, 15) is 13.2 Å². The molecule has 5 nitrogen and oxygen atoms in total. The van der Waals surface area contributed by atoms with Gasteiger partial charge in [-0.1, -0.05) is 13.8 Å². The van der Waals surface area contributed by atoms with Gasteiger partial charge in [-0.2, -0.15) is 0 Å². The largest absolute Gasteiger partial charge is 0.493 e. The maximum Gasteiger partial charge on any atom is 0.339 e. The van der Waals surface area contributed by atoms with E-state index in [0.29, 0.717) is 6.61 Å². The maximum atomic E-state index is 11.7. The molecule has 0 bridgehead atoms. The van der Waals surface area contributed by atoms with Crippen molar-refractivity contribution in [2.24, 2.45) is 0 Å². The molecule has 100 valence electrons. The number of rotatable bonds is 6. The number of carboxylic acids is 1. The van der Waals surface area contributed by atoms with E-state index in [1.165, 1.54) is 19.1 Å². The number of carboxylic acid groups (broad SMARTS) is 1. The van der Waals surface area contributed by atoms with Crippen LogP contribution in [0, 0.1) is 0 Å². The lowest BCUT2D eigenvalue weighted by molar-refractivity contribution is 0.0692. The second-order valence-electron chi connectivity index (χ2n) is 3.72. The van der Waals surface area contributed by atoms with E-state index in [1.807, 2.05) is 6.92 Å². The normalized spacial score (nSPS) is 11.2. The predicted molar refractivity (Wildman–Crippen MR) is 66.9 cm³/mol. The molecule has 0 spiro atoms. The van der Waals surface area contributed by atoms with Gasteiger partial charge in [0.2, 0.25) is 0 Å². The average molecular weight is 272 g/mol. The molecule has 0 heterocycles. The van der Waals surface area contributed by atoms with Crippen molar-refractivity contribution in [3.8, 4) is 5.75 Å². The highest BCUT2D eigenvalue weighted by Gasteiger charge is 2.18. The summed E-state index contributed by atoms with van der Waals surface area (Å²) in [6.07, 6.45) is 0.744. The number of aromatic carboxylic acids is 1. The summed E-state index contributed by atoms with van der Waals surface area (Å²) in [5.41, 5.74) is -0.127. The third-order valence-corrected chi connectivity index (χ3v) is 4.11. The minimum Gasteiger partial charge on any atom is -0.493 e. The van der Waals surface area contributed by atoms with Crippen molar-refractivity contribution in [3.63, 3.8) is 0 Å². The number of hydrogen-bond acceptors (Lipinski definition) is 4. The van der Waals surface area contributed by atoms with Crippen LogP contribution in [0.5, 0.6) is 5.75 Å². The van der Waals surface area contributed by atoms with Gasteiger partial charge in [0, 0.05) is 0 Å². The standard InChI is InChI=1S/C12H16O5S/c1-3-7-17-11-6-5-9(18(15,16)4-2)8-10(11)12(13)14/h5-6,8H,3-4,7H2,1-2H3,(H,13,14). The molecule has 0 saturated heterocycles. The van der Waals surface area contributed by atoms with Crippen LogP contribution in [0.2, 0.25) is 0 Å². The van der Waals surface area contributed by atoms with Crippen molar-refractivity contribution >= 4 is 15.8 Å². The molecule has 0 aromatic heterocycles. The van der Waals surface area contributed by atoms with Gasteiger partial charge in [-0.25, -0.2) is 13.2 Å². The minimum absolute atomic E-state index is 0.00579. The van der Waals surface area contributed by atoms with Crippen LogP contribution < -0.4 is 4.74 Å². The Morgan fingerprint density at radius 3 is 2.50 bits per heavy atom. The maximum absolute atomic E-state index is 11.7. The van der Waals surface area contributed by atoms with E-state index >= 15 is 0 Å². The van der Waals surface area contributed by atoms with Crippen LogP contribution >= 0.6 is 0 Å². The van der Waals surface area contributed by atoms with Gasteiger partial charge in [-0.3, -0.25) is 0 Å². The average Bonchev–Trinajstić information content (AvgIpc) is 2.35. The fourth-order valence-electron chi connectivity index (χ4n) is 1.37. The van der Waals surface area contributed by atoms with Crippen molar-refractivity contribution in [2.75, 3.05) is 12.4 Å². The van der Waals surface area contributed by atoms with Gasteiger partial charge in [0.05, 0.1) is 17.3 Å². The Labute approximate surface area is 106 Å². The molecule has 1 N–H and O–H groups in total. The Morgan fingerprint density at radius 2 is 2.00 bits per heavy atom. The Balaban J connectivity index is 3.23. The van der Waals surface area contributed by atoms with E-state index in [2.05, 4.69) is 0 Å². The van der Waals surface area contributed by atoms with Gasteiger partial charge in [0.1, 0.15) is 11.3 Å². The molecule has 0 fully saturated rings. The molecule has 0 saturated carbocycles. The number of carbonyl (C=O) groups is 1. The summed E-state index contributed by atoms with van der Waals surface area (Å²) in [5, 5.41) is 9.05. The zero-order valence-electron chi connectivity index (χ0n) is 10.3. The zero-order valence-corrected chi connectivity index (χ0v) is 11.2. The smallest absolute Gasteiger partial charge is 0.339 e. The Hall–Kier alpha value is -1.56. The van der Waals surface area contributed by atoms with Gasteiger partial charge in [-0.15, -0.1) is 0 Å². The first kappa shape index (κ1) is 14.5. The second kappa shape index (κ2) is 5.86. The quantitative estimate of drug-likeness (QED) is 0.856. The number of benzene rings is 1. The predicted octanol–water partition coefficient (Wildman–Crippen LogP) is 1.97. The van der Waals surface area contributed by atoms with Gasteiger partial charge in [0.15, 0.2) is 9.84 Å². The molecule has 0 radical (unpaired) electrons. The number of sulfone groups is 1. The van der Waals surface area contributed by atoms with Crippen molar-refractivity contribution < 1.29 is 23.1 Å². The summed E-state index contributed by atoms with van der Waals surface area (Å²) < 4.78 is 28.6. The fourth-order valence-corrected chi connectivity index (χ4v) is 2.28. The molecule has 6 heteroatoms. The van der Waals surface area contributed by atoms with Gasteiger partial charge >= 0.3 is 5.97 Å². The van der Waals surface area contributed by atoms with E-state index in [4.69, 9.17) is 9.84 Å². The molecule has 0 amide bonds. The first-order valence-electron chi connectivity index (χ1n) is 5.65. The number of hydrogen-bond donors (Lipinski definition) is 1.